The number of ether oxygens (including phenoxy) is 1. The van der Waals surface area contributed by atoms with Gasteiger partial charge in [0.2, 0.25) is 0 Å². The minimum atomic E-state index is 0.158. The van der Waals surface area contributed by atoms with E-state index in [-0.39, 0.29) is 6.04 Å². The van der Waals surface area contributed by atoms with Gasteiger partial charge in [0.25, 0.3) is 0 Å². The van der Waals surface area contributed by atoms with Crippen molar-refractivity contribution in [2.45, 2.75) is 32.4 Å². The summed E-state index contributed by atoms with van der Waals surface area (Å²) in [5.41, 5.74) is 3.48. The van der Waals surface area contributed by atoms with Crippen LogP contribution in [0.25, 0.3) is 10.8 Å². The van der Waals surface area contributed by atoms with Crippen LogP contribution in [0.5, 0.6) is 6.01 Å². The van der Waals surface area contributed by atoms with E-state index in [1.54, 1.807) is 0 Å². The predicted octanol–water partition coefficient (Wildman–Crippen LogP) is 3.28. The number of anilines is 2. The van der Waals surface area contributed by atoms with E-state index in [2.05, 4.69) is 63.7 Å². The fourth-order valence-corrected chi connectivity index (χ4v) is 4.80. The molecule has 1 unspecified atom stereocenters. The van der Waals surface area contributed by atoms with Gasteiger partial charge in [-0.3, -0.25) is 0 Å². The van der Waals surface area contributed by atoms with Gasteiger partial charge in [-0.1, -0.05) is 36.4 Å². The monoisotopic (exact) mass is 428 g/mol. The van der Waals surface area contributed by atoms with Crippen molar-refractivity contribution in [2.75, 3.05) is 42.6 Å². The summed E-state index contributed by atoms with van der Waals surface area (Å²) in [6, 6.07) is 17.9. The van der Waals surface area contributed by atoms with Crippen LogP contribution in [0.3, 0.4) is 0 Å². The van der Waals surface area contributed by atoms with Crippen LogP contribution in [0.4, 0.5) is 11.5 Å². The molecule has 7 heteroatoms. The number of hydrogen-bond donors (Lipinski definition) is 1. The molecule has 0 bridgehead atoms. The Morgan fingerprint density at radius 1 is 1.12 bits per heavy atom. The van der Waals surface area contributed by atoms with Crippen molar-refractivity contribution in [3.05, 3.63) is 53.7 Å². The molecular weight excluding hydrogens is 400 g/mol. The molecule has 0 radical (unpaired) electrons. The molecule has 164 valence electrons. The van der Waals surface area contributed by atoms with Crippen LogP contribution >= 0.6 is 0 Å². The van der Waals surface area contributed by atoms with Crippen LogP contribution in [0.2, 0.25) is 0 Å². The lowest BCUT2D eigenvalue weighted by molar-refractivity contribution is 0.310. The van der Waals surface area contributed by atoms with Crippen LogP contribution in [0.1, 0.15) is 24.6 Å². The third kappa shape index (κ3) is 3.94. The smallest absolute Gasteiger partial charge is 0.318 e. The molecular formula is C25H28N6O. The Hall–Kier alpha value is -3.37. The van der Waals surface area contributed by atoms with Crippen molar-refractivity contribution in [3.63, 3.8) is 0 Å². The largest absolute Gasteiger partial charge is 0.464 e. The lowest BCUT2D eigenvalue weighted by atomic mass is 10.0. The lowest BCUT2D eigenvalue weighted by Crippen LogP contribution is -2.51. The normalized spacial score (nSPS) is 18.3. The maximum absolute atomic E-state index is 9.13. The number of piperazine rings is 1. The second-order valence-electron chi connectivity index (χ2n) is 8.32. The molecule has 2 aliphatic rings. The molecule has 2 aliphatic heterocycles. The number of nitrogens with zero attached hydrogens (tertiary/aromatic N) is 5. The highest BCUT2D eigenvalue weighted by molar-refractivity contribution is 5.94. The number of nitriles is 1. The Morgan fingerprint density at radius 2 is 2.00 bits per heavy atom. The summed E-state index contributed by atoms with van der Waals surface area (Å²) in [7, 11) is 0. The van der Waals surface area contributed by atoms with Gasteiger partial charge in [0.1, 0.15) is 5.82 Å². The van der Waals surface area contributed by atoms with E-state index in [9.17, 15) is 0 Å². The Morgan fingerprint density at radius 3 is 2.88 bits per heavy atom. The summed E-state index contributed by atoms with van der Waals surface area (Å²) in [5.74, 6) is 0.973. The van der Waals surface area contributed by atoms with Crippen molar-refractivity contribution < 1.29 is 4.74 Å². The van der Waals surface area contributed by atoms with Crippen LogP contribution in [-0.2, 0) is 13.0 Å². The average molecular weight is 429 g/mol. The van der Waals surface area contributed by atoms with Crippen molar-refractivity contribution in [1.82, 2.24) is 15.3 Å². The molecule has 0 amide bonds. The number of rotatable bonds is 5. The van der Waals surface area contributed by atoms with Crippen molar-refractivity contribution in [2.24, 2.45) is 0 Å². The SMILES string of the molecule is CCOc1nc2c(c(N3CCNC(CC#N)C3)n1)CCN(c1cccc3ccccc13)C2. The molecule has 1 fully saturated rings. The molecule has 5 rings (SSSR count). The Balaban J connectivity index is 1.50. The zero-order valence-electron chi connectivity index (χ0n) is 18.4. The van der Waals surface area contributed by atoms with E-state index >= 15 is 0 Å². The molecule has 0 aliphatic carbocycles. The zero-order chi connectivity index (χ0) is 21.9. The van der Waals surface area contributed by atoms with E-state index in [0.717, 1.165) is 50.7 Å². The summed E-state index contributed by atoms with van der Waals surface area (Å²) in [6.45, 7) is 6.62. The summed E-state index contributed by atoms with van der Waals surface area (Å²) in [5, 5.41) is 15.1. The second-order valence-corrected chi connectivity index (χ2v) is 8.32. The zero-order valence-corrected chi connectivity index (χ0v) is 18.4. The van der Waals surface area contributed by atoms with Gasteiger partial charge in [-0.25, -0.2) is 0 Å². The maximum atomic E-state index is 9.13. The predicted molar refractivity (Wildman–Crippen MR) is 126 cm³/mol. The first-order valence-electron chi connectivity index (χ1n) is 11.4. The summed E-state index contributed by atoms with van der Waals surface area (Å²) in [6.07, 6.45) is 1.38. The quantitative estimate of drug-likeness (QED) is 0.668. The molecule has 3 aromatic rings. The molecule has 1 N–H and O–H groups in total. The summed E-state index contributed by atoms with van der Waals surface area (Å²) >= 11 is 0. The van der Waals surface area contributed by atoms with Crippen molar-refractivity contribution >= 4 is 22.3 Å². The number of aromatic nitrogens is 2. The van der Waals surface area contributed by atoms with Crippen molar-refractivity contribution in [1.29, 1.82) is 5.26 Å². The molecule has 1 saturated heterocycles. The van der Waals surface area contributed by atoms with E-state index in [0.29, 0.717) is 19.0 Å². The van der Waals surface area contributed by atoms with Gasteiger partial charge in [0.15, 0.2) is 0 Å². The van der Waals surface area contributed by atoms with Gasteiger partial charge in [-0.2, -0.15) is 15.2 Å². The first kappa shape index (κ1) is 20.5. The number of fused-ring (bicyclic) bond motifs is 2. The molecule has 1 aromatic heterocycles. The van der Waals surface area contributed by atoms with E-state index < -0.39 is 0 Å². The first-order valence-corrected chi connectivity index (χ1v) is 11.4. The molecule has 2 aromatic carbocycles. The lowest BCUT2D eigenvalue weighted by Gasteiger charge is -2.37. The fraction of sp³-hybridized carbons (Fsp3) is 0.400. The molecule has 1 atom stereocenters. The van der Waals surface area contributed by atoms with Gasteiger partial charge in [0.05, 0.1) is 31.3 Å². The molecule has 32 heavy (non-hydrogen) atoms. The van der Waals surface area contributed by atoms with Gasteiger partial charge >= 0.3 is 6.01 Å². The number of nitrogens with one attached hydrogen (secondary N) is 1. The standard InChI is InChI=1S/C25H28N6O/c1-2-32-25-28-22-17-30(23-9-5-7-18-6-3-4-8-20(18)23)14-11-21(22)24(29-25)31-15-13-27-19(16-31)10-12-26/h3-9,19,27H,2,10-11,13-17H2,1H3. The fourth-order valence-electron chi connectivity index (χ4n) is 4.80. The van der Waals surface area contributed by atoms with Gasteiger partial charge in [0, 0.05) is 48.9 Å². The Bertz CT molecular complexity index is 1150. The Labute approximate surface area is 188 Å². The van der Waals surface area contributed by atoms with E-state index in [1.807, 2.05) is 6.92 Å². The molecule has 0 saturated carbocycles. The van der Waals surface area contributed by atoms with Crippen LogP contribution < -0.4 is 19.9 Å². The van der Waals surface area contributed by atoms with Crippen LogP contribution in [0.15, 0.2) is 42.5 Å². The average Bonchev–Trinajstić information content (AvgIpc) is 2.83. The van der Waals surface area contributed by atoms with E-state index in [1.165, 1.54) is 22.0 Å². The maximum Gasteiger partial charge on any atom is 0.318 e. The van der Waals surface area contributed by atoms with Crippen molar-refractivity contribution in [3.8, 4) is 12.1 Å². The Kier molecular flexibility index (Phi) is 5.78. The highest BCUT2D eigenvalue weighted by atomic mass is 16.5. The molecule has 7 nitrogen and oxygen atoms in total. The summed E-state index contributed by atoms with van der Waals surface area (Å²) < 4.78 is 5.75. The minimum absolute atomic E-state index is 0.158. The third-order valence-corrected chi connectivity index (χ3v) is 6.30. The van der Waals surface area contributed by atoms with Gasteiger partial charge in [-0.05, 0) is 24.8 Å². The highest BCUT2D eigenvalue weighted by Gasteiger charge is 2.28. The minimum Gasteiger partial charge on any atom is -0.464 e. The van der Waals surface area contributed by atoms with E-state index in [4.69, 9.17) is 20.0 Å². The molecule has 3 heterocycles. The second kappa shape index (κ2) is 9.01. The molecule has 0 spiro atoms. The third-order valence-electron chi connectivity index (χ3n) is 6.30. The highest BCUT2D eigenvalue weighted by Crippen LogP contribution is 2.34. The number of hydrogen-bond acceptors (Lipinski definition) is 7. The topological polar surface area (TPSA) is 77.3 Å². The first-order chi connectivity index (χ1) is 15.8. The number of benzene rings is 2. The van der Waals surface area contributed by atoms with Crippen LogP contribution in [0, 0.1) is 11.3 Å². The van der Waals surface area contributed by atoms with Gasteiger partial charge in [-0.15, -0.1) is 0 Å². The summed E-state index contributed by atoms with van der Waals surface area (Å²) in [4.78, 5) is 14.3. The van der Waals surface area contributed by atoms with Gasteiger partial charge < -0.3 is 19.9 Å². The van der Waals surface area contributed by atoms with Crippen LogP contribution in [-0.4, -0.2) is 48.8 Å².